The van der Waals surface area contributed by atoms with Gasteiger partial charge in [-0.15, -0.1) is 0 Å². The minimum Gasteiger partial charge on any atom is -0.207 e. The number of pyridine rings is 2. The van der Waals surface area contributed by atoms with E-state index in [4.69, 9.17) is 0 Å². The third kappa shape index (κ3) is 3.74. The predicted octanol–water partition coefficient (Wildman–Crippen LogP) is 7.60. The lowest BCUT2D eigenvalue weighted by Gasteiger charge is -2.29. The molecule has 0 radical (unpaired) electrons. The molecule has 0 aliphatic carbocycles. The molecule has 0 bridgehead atoms. The molecule has 39 heavy (non-hydrogen) atoms. The first-order chi connectivity index (χ1) is 19.0. The van der Waals surface area contributed by atoms with E-state index < -0.39 is 11.6 Å². The van der Waals surface area contributed by atoms with Crippen molar-refractivity contribution in [3.05, 3.63) is 138 Å². The van der Waals surface area contributed by atoms with E-state index in [9.17, 15) is 4.39 Å². The van der Waals surface area contributed by atoms with E-state index in [0.717, 1.165) is 40.6 Å². The van der Waals surface area contributed by atoms with Crippen molar-refractivity contribution < 1.29 is 17.9 Å². The lowest BCUT2D eigenvalue weighted by atomic mass is 9.78. The molecule has 190 valence electrons. The Bertz CT molecular complexity index is 1770. The molecule has 0 saturated heterocycles. The molecule has 2 aliphatic rings. The minimum absolute atomic E-state index is 0.0766. The molecule has 2 aliphatic heterocycles. The number of allylic oxidation sites excluding steroid dienone is 1. The van der Waals surface area contributed by atoms with Crippen LogP contribution in [0.25, 0.3) is 39.3 Å². The first-order valence-corrected chi connectivity index (χ1v) is 13.4. The smallest absolute Gasteiger partial charge is 0.207 e. The first-order valence-electron chi connectivity index (χ1n) is 13.4. The Kier molecular flexibility index (Phi) is 5.52. The molecule has 0 saturated carbocycles. The Labute approximate surface area is 227 Å². The molecular weight excluding hydrogens is 486 g/mol. The molecule has 3 aromatic carbocycles. The van der Waals surface area contributed by atoms with Crippen LogP contribution in [0.2, 0.25) is 0 Å². The van der Waals surface area contributed by atoms with Gasteiger partial charge < -0.3 is 0 Å². The van der Waals surface area contributed by atoms with E-state index in [1.54, 1.807) is 0 Å². The van der Waals surface area contributed by atoms with Crippen LogP contribution in [0.3, 0.4) is 0 Å². The van der Waals surface area contributed by atoms with Gasteiger partial charge in [-0.1, -0.05) is 48.5 Å². The number of halogens is 2. The number of aromatic nitrogens is 2. The highest BCUT2D eigenvalue weighted by Gasteiger charge is 2.47. The van der Waals surface area contributed by atoms with E-state index >= 15 is 4.39 Å². The van der Waals surface area contributed by atoms with Crippen molar-refractivity contribution in [2.24, 2.45) is 0 Å². The maximum Gasteiger partial charge on any atom is 0.249 e. The van der Waals surface area contributed by atoms with Gasteiger partial charge in [0.25, 0.3) is 0 Å². The van der Waals surface area contributed by atoms with Crippen molar-refractivity contribution in [2.45, 2.75) is 31.7 Å². The molecular formula is C35H28F2N2+2. The number of fused-ring (bicyclic) bond motifs is 9. The highest BCUT2D eigenvalue weighted by atomic mass is 19.1. The van der Waals surface area contributed by atoms with Crippen LogP contribution in [-0.4, -0.2) is 0 Å². The molecule has 2 nitrogen and oxygen atoms in total. The second-order valence-corrected chi connectivity index (χ2v) is 10.6. The molecule has 7 rings (SSSR count). The molecule has 0 fully saturated rings. The average molecular weight is 515 g/mol. The van der Waals surface area contributed by atoms with Gasteiger partial charge in [-0.3, -0.25) is 0 Å². The Morgan fingerprint density at radius 2 is 1.59 bits per heavy atom. The fourth-order valence-electron chi connectivity index (χ4n) is 6.62. The lowest BCUT2D eigenvalue weighted by molar-refractivity contribution is -0.727. The third-order valence-corrected chi connectivity index (χ3v) is 8.36. The standard InChI is InChI=1S/C35H28F2N2/c1-22-18-33-34-25(19-26(36)20-31(34)37)15-16-29-27-12-6-7-13-28(27)32-14-8-9-17-38(32)35(29)23(2)39(33)21-30(22)24-10-4-3-5-11-24/h3-14,17-21,29,35H,2,15-16H2,1H3/q+2. The summed E-state index contributed by atoms with van der Waals surface area (Å²) in [6.45, 7) is 6.73. The highest BCUT2D eigenvalue weighted by Crippen LogP contribution is 2.45. The molecule has 4 heteroatoms. The van der Waals surface area contributed by atoms with Gasteiger partial charge in [0.15, 0.2) is 12.4 Å². The number of rotatable bonds is 1. The summed E-state index contributed by atoms with van der Waals surface area (Å²) in [5.74, 6) is -1.02. The highest BCUT2D eigenvalue weighted by molar-refractivity contribution is 5.72. The molecule has 5 aromatic rings. The van der Waals surface area contributed by atoms with Crippen LogP contribution in [0, 0.1) is 18.6 Å². The summed E-state index contributed by atoms with van der Waals surface area (Å²) in [4.78, 5) is 0. The summed E-state index contributed by atoms with van der Waals surface area (Å²) >= 11 is 0. The molecule has 0 N–H and O–H groups in total. The lowest BCUT2D eigenvalue weighted by Crippen LogP contribution is -2.53. The van der Waals surface area contributed by atoms with Crippen LogP contribution in [0.1, 0.15) is 35.1 Å². The van der Waals surface area contributed by atoms with Gasteiger partial charge in [0, 0.05) is 35.4 Å². The normalized spacial score (nSPS) is 17.5. The average Bonchev–Trinajstić information content (AvgIpc) is 3.00. The van der Waals surface area contributed by atoms with E-state index in [1.165, 1.54) is 17.2 Å². The Morgan fingerprint density at radius 3 is 2.44 bits per heavy atom. The second kappa shape index (κ2) is 9.09. The number of hydrogen-bond donors (Lipinski definition) is 0. The molecule has 4 heterocycles. The fourth-order valence-corrected chi connectivity index (χ4v) is 6.62. The van der Waals surface area contributed by atoms with Crippen LogP contribution >= 0.6 is 0 Å². The Balaban J connectivity index is 1.55. The Hall–Kier alpha value is -4.44. The van der Waals surface area contributed by atoms with Gasteiger partial charge >= 0.3 is 0 Å². The summed E-state index contributed by atoms with van der Waals surface area (Å²) in [5, 5.41) is 0. The van der Waals surface area contributed by atoms with Gasteiger partial charge in [-0.25, -0.2) is 8.78 Å². The second-order valence-electron chi connectivity index (χ2n) is 10.6. The predicted molar refractivity (Wildman–Crippen MR) is 150 cm³/mol. The van der Waals surface area contributed by atoms with Crippen molar-refractivity contribution in [1.82, 2.24) is 0 Å². The largest absolute Gasteiger partial charge is 0.249 e. The molecule has 0 spiro atoms. The molecule has 0 amide bonds. The monoisotopic (exact) mass is 514 g/mol. The summed E-state index contributed by atoms with van der Waals surface area (Å²) in [5.41, 5.74) is 9.40. The van der Waals surface area contributed by atoms with E-state index in [0.29, 0.717) is 23.2 Å². The van der Waals surface area contributed by atoms with Crippen molar-refractivity contribution in [3.63, 3.8) is 0 Å². The van der Waals surface area contributed by atoms with Crippen LogP contribution < -0.4 is 9.13 Å². The topological polar surface area (TPSA) is 7.76 Å². The fraction of sp³-hybridized carbons (Fsp3) is 0.143. The molecule has 2 unspecified atom stereocenters. The summed E-state index contributed by atoms with van der Waals surface area (Å²) < 4.78 is 34.7. The van der Waals surface area contributed by atoms with Crippen molar-refractivity contribution >= 4 is 5.70 Å². The molecule has 2 aromatic heterocycles. The zero-order valence-corrected chi connectivity index (χ0v) is 21.7. The van der Waals surface area contributed by atoms with E-state index in [-0.39, 0.29) is 12.0 Å². The minimum atomic E-state index is -0.547. The van der Waals surface area contributed by atoms with Gasteiger partial charge in [0.1, 0.15) is 11.6 Å². The van der Waals surface area contributed by atoms with Gasteiger partial charge in [0.05, 0.1) is 11.5 Å². The maximum atomic E-state index is 15.7. The van der Waals surface area contributed by atoms with Crippen molar-refractivity contribution in [3.8, 4) is 33.6 Å². The van der Waals surface area contributed by atoms with Gasteiger partial charge in [-0.05, 0) is 66.8 Å². The Morgan fingerprint density at radius 1 is 0.821 bits per heavy atom. The zero-order chi connectivity index (χ0) is 26.7. The van der Waals surface area contributed by atoms with Crippen LogP contribution in [0.4, 0.5) is 8.78 Å². The summed E-state index contributed by atoms with van der Waals surface area (Å²) in [6, 6.07) is 29.4. The number of hydrogen-bond acceptors (Lipinski definition) is 0. The van der Waals surface area contributed by atoms with E-state index in [2.05, 4.69) is 76.6 Å². The third-order valence-electron chi connectivity index (χ3n) is 8.36. The number of benzene rings is 3. The van der Waals surface area contributed by atoms with E-state index in [1.807, 2.05) is 37.3 Å². The first kappa shape index (κ1) is 23.7. The zero-order valence-electron chi connectivity index (χ0n) is 21.7. The van der Waals surface area contributed by atoms with Crippen molar-refractivity contribution in [1.29, 1.82) is 0 Å². The molecule has 2 atom stereocenters. The quantitative estimate of drug-likeness (QED) is 0.204. The van der Waals surface area contributed by atoms with Gasteiger partial charge in [-0.2, -0.15) is 9.13 Å². The van der Waals surface area contributed by atoms with Gasteiger partial charge in [0.2, 0.25) is 23.1 Å². The van der Waals surface area contributed by atoms with Crippen LogP contribution in [0.15, 0.2) is 110 Å². The van der Waals surface area contributed by atoms with Crippen molar-refractivity contribution in [2.75, 3.05) is 0 Å². The van der Waals surface area contributed by atoms with Crippen LogP contribution in [-0.2, 0) is 6.42 Å². The summed E-state index contributed by atoms with van der Waals surface area (Å²) in [6.07, 6.45) is 5.49. The van der Waals surface area contributed by atoms with Crippen LogP contribution in [0.5, 0.6) is 0 Å². The summed E-state index contributed by atoms with van der Waals surface area (Å²) in [7, 11) is 0. The maximum absolute atomic E-state index is 15.7. The number of nitrogens with zero attached hydrogens (tertiary/aromatic N) is 2. The number of aryl methyl sites for hydroxylation is 2. The SMILES string of the molecule is C=C1C2C(CCc3cc(F)cc(F)c3-c3cc(C)c(-c4ccccc4)c[n+]31)c1ccccc1-c1cccc[n+]12.